The summed E-state index contributed by atoms with van der Waals surface area (Å²) in [6.45, 7) is 4.44. The average Bonchev–Trinajstić information content (AvgIpc) is 3.26. The van der Waals surface area contributed by atoms with Gasteiger partial charge >= 0.3 is 0 Å². The number of hydrogen-bond donors (Lipinski definition) is 1. The summed E-state index contributed by atoms with van der Waals surface area (Å²) in [5.41, 5.74) is 5.78. The minimum Gasteiger partial charge on any atom is -0.507 e. The molecule has 0 fully saturated rings. The Morgan fingerprint density at radius 1 is 1.03 bits per heavy atom. The summed E-state index contributed by atoms with van der Waals surface area (Å²) in [4.78, 5) is 4.69. The summed E-state index contributed by atoms with van der Waals surface area (Å²) in [6.07, 6.45) is 4.02. The van der Waals surface area contributed by atoms with Crippen LogP contribution in [0.5, 0.6) is 5.75 Å². The van der Waals surface area contributed by atoms with E-state index in [-0.39, 0.29) is 11.2 Å². The Morgan fingerprint density at radius 3 is 2.55 bits per heavy atom. The van der Waals surface area contributed by atoms with Gasteiger partial charge in [-0.2, -0.15) is 4.58 Å². The van der Waals surface area contributed by atoms with Gasteiger partial charge in [-0.05, 0) is 44.2 Å². The fourth-order valence-electron chi connectivity index (χ4n) is 4.37. The van der Waals surface area contributed by atoms with Crippen LogP contribution in [0.2, 0.25) is 5.02 Å². The fourth-order valence-corrected chi connectivity index (χ4v) is 5.58. The van der Waals surface area contributed by atoms with Crippen molar-refractivity contribution in [3.05, 3.63) is 82.9 Å². The van der Waals surface area contributed by atoms with Gasteiger partial charge in [0, 0.05) is 28.3 Å². The molecule has 3 aromatic carbocycles. The van der Waals surface area contributed by atoms with Crippen molar-refractivity contribution in [3.8, 4) is 16.3 Å². The lowest BCUT2D eigenvalue weighted by Gasteiger charge is -2.15. The molecule has 0 unspecified atom stereocenters. The number of rotatable bonds is 3. The molecule has 0 saturated heterocycles. The molecule has 0 amide bonds. The quantitative estimate of drug-likeness (QED) is 0.343. The molecule has 31 heavy (non-hydrogen) atoms. The number of phenolic OH excluding ortho intramolecular Hbond substituents is 1. The van der Waals surface area contributed by atoms with E-state index in [1.165, 1.54) is 11.3 Å². The molecule has 1 aliphatic rings. The Balaban J connectivity index is 1.58. The van der Waals surface area contributed by atoms with Gasteiger partial charge in [-0.1, -0.05) is 41.9 Å². The highest BCUT2D eigenvalue weighted by atomic mass is 35.5. The largest absolute Gasteiger partial charge is 0.507 e. The third-order valence-electron chi connectivity index (χ3n) is 5.99. The lowest BCUT2D eigenvalue weighted by atomic mass is 9.81. The van der Waals surface area contributed by atoms with Crippen molar-refractivity contribution < 1.29 is 9.68 Å². The van der Waals surface area contributed by atoms with Crippen LogP contribution in [0, 0.1) is 0 Å². The van der Waals surface area contributed by atoms with E-state index in [4.69, 9.17) is 11.6 Å². The van der Waals surface area contributed by atoms with Crippen molar-refractivity contribution in [2.24, 2.45) is 0 Å². The fraction of sp³-hybridized carbons (Fsp3) is 0.154. The molecule has 154 valence electrons. The molecule has 2 heterocycles. The zero-order chi connectivity index (χ0) is 21.8. The molecule has 0 aliphatic carbocycles. The number of phenols is 1. The topological polar surface area (TPSA) is 36.1 Å². The van der Waals surface area contributed by atoms with E-state index in [0.29, 0.717) is 16.1 Å². The monoisotopic (exact) mass is 445 g/mol. The van der Waals surface area contributed by atoms with Crippen molar-refractivity contribution >= 4 is 50.6 Å². The highest BCUT2D eigenvalue weighted by Crippen LogP contribution is 2.41. The third-order valence-corrected chi connectivity index (χ3v) is 7.28. The number of nitrogens with zero attached hydrogens (tertiary/aromatic N) is 2. The van der Waals surface area contributed by atoms with Crippen LogP contribution in [-0.4, -0.2) is 27.4 Å². The number of aromatic nitrogens is 1. The Labute approximate surface area is 190 Å². The minimum atomic E-state index is -0.133. The van der Waals surface area contributed by atoms with Crippen LogP contribution in [0.25, 0.3) is 26.9 Å². The molecule has 0 bridgehead atoms. The van der Waals surface area contributed by atoms with Crippen LogP contribution in [0.15, 0.2) is 66.7 Å². The molecular formula is C26H22ClN2OS+. The van der Waals surface area contributed by atoms with E-state index in [0.717, 1.165) is 20.9 Å². The number of allylic oxidation sites excluding steroid dienone is 1. The van der Waals surface area contributed by atoms with Gasteiger partial charge in [0.2, 0.25) is 5.69 Å². The number of benzene rings is 3. The lowest BCUT2D eigenvalue weighted by Crippen LogP contribution is -2.26. The van der Waals surface area contributed by atoms with Gasteiger partial charge in [-0.25, -0.2) is 4.98 Å². The van der Waals surface area contributed by atoms with Crippen LogP contribution in [0.1, 0.15) is 25.0 Å². The molecule has 0 atom stereocenters. The molecule has 5 rings (SSSR count). The zero-order valence-electron chi connectivity index (χ0n) is 17.6. The summed E-state index contributed by atoms with van der Waals surface area (Å²) in [5, 5.41) is 12.4. The number of aromatic hydroxyl groups is 1. The van der Waals surface area contributed by atoms with Crippen molar-refractivity contribution in [3.63, 3.8) is 0 Å². The lowest BCUT2D eigenvalue weighted by molar-refractivity contribution is -0.401. The van der Waals surface area contributed by atoms with Crippen LogP contribution in [0.4, 0.5) is 5.69 Å². The zero-order valence-corrected chi connectivity index (χ0v) is 19.1. The SMILES string of the molecule is C[N+]1=C(/C=C/c2cc(Cl)cc(-c3nc4ccccc4s3)c2O)C(C)(C)c2ccccc21. The first-order chi connectivity index (χ1) is 14.9. The number of thiazole rings is 1. The number of fused-ring (bicyclic) bond motifs is 2. The maximum atomic E-state index is 11.1. The van der Waals surface area contributed by atoms with Gasteiger partial charge < -0.3 is 5.11 Å². The summed E-state index contributed by atoms with van der Waals surface area (Å²) in [6, 6.07) is 20.0. The van der Waals surface area contributed by atoms with E-state index in [2.05, 4.69) is 60.8 Å². The molecule has 3 nitrogen and oxygen atoms in total. The Hall–Kier alpha value is -2.95. The van der Waals surface area contributed by atoms with Crippen molar-refractivity contribution in [1.82, 2.24) is 4.98 Å². The maximum Gasteiger partial charge on any atom is 0.209 e. The molecule has 1 N–H and O–H groups in total. The first-order valence-corrected chi connectivity index (χ1v) is 11.3. The summed E-state index contributed by atoms with van der Waals surface area (Å²) >= 11 is 7.99. The molecule has 5 heteroatoms. The van der Waals surface area contributed by atoms with E-state index in [1.54, 1.807) is 23.5 Å². The van der Waals surface area contributed by atoms with Gasteiger partial charge in [0.25, 0.3) is 0 Å². The molecule has 1 aliphatic heterocycles. The molecular weight excluding hydrogens is 424 g/mol. The van der Waals surface area contributed by atoms with Gasteiger partial charge in [0.05, 0.1) is 21.2 Å². The number of para-hydroxylation sites is 2. The summed E-state index contributed by atoms with van der Waals surface area (Å²) in [7, 11) is 2.08. The molecule has 0 spiro atoms. The van der Waals surface area contributed by atoms with Crippen LogP contribution in [0.3, 0.4) is 0 Å². The van der Waals surface area contributed by atoms with Crippen molar-refractivity contribution in [2.45, 2.75) is 19.3 Å². The standard InChI is InChI=1S/C26H21ClN2OS/c1-26(2)19-8-4-6-10-21(19)29(3)23(26)13-12-16-14-17(27)15-18(24(16)30)25-28-20-9-5-7-11-22(20)31-25/h4-15H,1-3H3/p+1. The molecule has 0 radical (unpaired) electrons. The van der Waals surface area contributed by atoms with Crippen molar-refractivity contribution in [1.29, 1.82) is 0 Å². The van der Waals surface area contributed by atoms with E-state index >= 15 is 0 Å². The predicted octanol–water partition coefficient (Wildman–Crippen LogP) is 7.04. The molecule has 0 saturated carbocycles. The van der Waals surface area contributed by atoms with E-state index < -0.39 is 0 Å². The molecule has 4 aromatic rings. The molecule has 1 aromatic heterocycles. The number of halogens is 1. The summed E-state index contributed by atoms with van der Waals surface area (Å²) < 4.78 is 3.29. The normalized spacial score (nSPS) is 15.2. The van der Waals surface area contributed by atoms with E-state index in [1.807, 2.05) is 30.3 Å². The van der Waals surface area contributed by atoms with Gasteiger partial charge in [-0.15, -0.1) is 11.3 Å². The van der Waals surface area contributed by atoms with Gasteiger partial charge in [0.1, 0.15) is 17.8 Å². The Kier molecular flexibility index (Phi) is 4.72. The van der Waals surface area contributed by atoms with Crippen LogP contribution >= 0.6 is 22.9 Å². The van der Waals surface area contributed by atoms with Gasteiger partial charge in [0.15, 0.2) is 5.71 Å². The Morgan fingerprint density at radius 2 is 1.77 bits per heavy atom. The van der Waals surface area contributed by atoms with Crippen LogP contribution in [-0.2, 0) is 5.41 Å². The van der Waals surface area contributed by atoms with Crippen molar-refractivity contribution in [2.75, 3.05) is 7.05 Å². The second-order valence-corrected chi connectivity index (χ2v) is 9.76. The smallest absolute Gasteiger partial charge is 0.209 e. The van der Waals surface area contributed by atoms with E-state index in [9.17, 15) is 5.11 Å². The van der Waals surface area contributed by atoms with Crippen LogP contribution < -0.4 is 0 Å². The maximum absolute atomic E-state index is 11.1. The first-order valence-electron chi connectivity index (χ1n) is 10.1. The average molecular weight is 446 g/mol. The minimum absolute atomic E-state index is 0.133. The third kappa shape index (κ3) is 3.27. The highest BCUT2D eigenvalue weighted by molar-refractivity contribution is 7.21. The first kappa shape index (κ1) is 20.0. The Bertz CT molecular complexity index is 1360. The highest BCUT2D eigenvalue weighted by Gasteiger charge is 2.42. The second-order valence-electron chi connectivity index (χ2n) is 8.30. The predicted molar refractivity (Wildman–Crippen MR) is 131 cm³/mol. The second kappa shape index (κ2) is 7.33. The number of hydrogen-bond acceptors (Lipinski definition) is 3. The van der Waals surface area contributed by atoms with Gasteiger partial charge in [-0.3, -0.25) is 0 Å². The summed E-state index contributed by atoms with van der Waals surface area (Å²) in [5.74, 6) is 0.191.